The van der Waals surface area contributed by atoms with Gasteiger partial charge in [-0.15, -0.1) is 0 Å². The number of hydrogen-bond acceptors (Lipinski definition) is 3. The quantitative estimate of drug-likeness (QED) is 0.919. The second-order valence-electron chi connectivity index (χ2n) is 5.68. The van der Waals surface area contributed by atoms with Crippen molar-refractivity contribution in [3.63, 3.8) is 0 Å². The van der Waals surface area contributed by atoms with Crippen LogP contribution in [0.25, 0.3) is 0 Å². The lowest BCUT2D eigenvalue weighted by atomic mass is 10.2. The number of nitrogens with zero attached hydrogens (tertiary/aromatic N) is 2. The van der Waals surface area contributed by atoms with Crippen molar-refractivity contribution < 1.29 is 19.1 Å². The number of carbonyl (C=O) groups excluding carboxylic acids is 1. The summed E-state index contributed by atoms with van der Waals surface area (Å²) >= 11 is 0. The van der Waals surface area contributed by atoms with E-state index in [4.69, 9.17) is 9.52 Å². The first-order valence-electron chi connectivity index (χ1n) is 7.51. The molecule has 1 N–H and O–H groups in total. The monoisotopic (exact) mass is 318 g/mol. The Morgan fingerprint density at radius 1 is 1.22 bits per heavy atom. The van der Waals surface area contributed by atoms with Crippen LogP contribution in [0, 0.1) is 20.8 Å². The average molecular weight is 318 g/mol. The normalized spacial score (nSPS) is 10.8. The molecule has 0 radical (unpaired) electrons. The summed E-state index contributed by atoms with van der Waals surface area (Å²) in [5.41, 5.74) is 2.77. The molecule has 2 heterocycles. The van der Waals surface area contributed by atoms with Gasteiger partial charge in [-0.1, -0.05) is 0 Å². The summed E-state index contributed by atoms with van der Waals surface area (Å²) in [6.45, 7) is 8.58. The summed E-state index contributed by atoms with van der Waals surface area (Å²) in [5, 5.41) is 9.05. The number of aryl methyl sites for hydroxylation is 2. The van der Waals surface area contributed by atoms with Crippen LogP contribution in [0.2, 0.25) is 0 Å². The Labute approximate surface area is 135 Å². The lowest BCUT2D eigenvalue weighted by molar-refractivity contribution is 0.0694. The molecule has 0 atom stereocenters. The average Bonchev–Trinajstić information content (AvgIpc) is 2.98. The zero-order valence-electron chi connectivity index (χ0n) is 14.1. The molecular weight excluding hydrogens is 296 g/mol. The molecule has 2 aromatic rings. The fraction of sp³-hybridized carbons (Fsp3) is 0.412. The van der Waals surface area contributed by atoms with Gasteiger partial charge in [0.25, 0.3) is 5.91 Å². The Morgan fingerprint density at radius 2 is 1.87 bits per heavy atom. The molecule has 0 aromatic carbocycles. The SMILES string of the molecule is CCn1c(C)cc(C(=O)N(C)Cc2cc(C(=O)O)c(C)o2)c1C. The molecule has 0 fully saturated rings. The Hall–Kier alpha value is -2.50. The number of furan rings is 1. The van der Waals surface area contributed by atoms with Crippen LogP contribution in [0.1, 0.15) is 50.5 Å². The molecule has 2 aromatic heterocycles. The fourth-order valence-electron chi connectivity index (χ4n) is 2.85. The molecule has 124 valence electrons. The van der Waals surface area contributed by atoms with Gasteiger partial charge >= 0.3 is 5.97 Å². The van der Waals surface area contributed by atoms with E-state index in [1.807, 2.05) is 26.8 Å². The minimum atomic E-state index is -1.03. The minimum Gasteiger partial charge on any atom is -0.478 e. The van der Waals surface area contributed by atoms with Crippen LogP contribution in [-0.4, -0.2) is 33.5 Å². The number of aromatic nitrogens is 1. The smallest absolute Gasteiger partial charge is 0.339 e. The van der Waals surface area contributed by atoms with Gasteiger partial charge in [0.2, 0.25) is 0 Å². The predicted octanol–water partition coefficient (Wildman–Crippen LogP) is 3.00. The van der Waals surface area contributed by atoms with Gasteiger partial charge in [-0.3, -0.25) is 4.79 Å². The topological polar surface area (TPSA) is 75.7 Å². The Bertz CT molecular complexity index is 755. The number of carboxylic acid groups (broad SMARTS) is 1. The number of rotatable bonds is 5. The molecule has 2 rings (SSSR count). The highest BCUT2D eigenvalue weighted by Gasteiger charge is 2.21. The second kappa shape index (κ2) is 6.32. The summed E-state index contributed by atoms with van der Waals surface area (Å²) in [4.78, 5) is 25.2. The number of carbonyl (C=O) groups is 2. The largest absolute Gasteiger partial charge is 0.478 e. The Kier molecular flexibility index (Phi) is 4.63. The van der Waals surface area contributed by atoms with E-state index in [1.165, 1.54) is 11.0 Å². The van der Waals surface area contributed by atoms with Crippen LogP contribution in [0.5, 0.6) is 0 Å². The third-order valence-corrected chi connectivity index (χ3v) is 4.06. The molecule has 0 aliphatic heterocycles. The summed E-state index contributed by atoms with van der Waals surface area (Å²) < 4.78 is 7.52. The van der Waals surface area contributed by atoms with Gasteiger partial charge in [-0.25, -0.2) is 4.79 Å². The maximum absolute atomic E-state index is 12.6. The molecule has 6 heteroatoms. The predicted molar refractivity (Wildman–Crippen MR) is 85.8 cm³/mol. The molecule has 0 bridgehead atoms. The molecule has 0 saturated carbocycles. The van der Waals surface area contributed by atoms with E-state index in [2.05, 4.69) is 4.57 Å². The highest BCUT2D eigenvalue weighted by atomic mass is 16.4. The molecule has 23 heavy (non-hydrogen) atoms. The molecule has 0 aliphatic rings. The zero-order valence-corrected chi connectivity index (χ0v) is 14.1. The molecule has 0 spiro atoms. The third kappa shape index (κ3) is 3.16. The van der Waals surface area contributed by atoms with Crippen molar-refractivity contribution in [1.82, 2.24) is 9.47 Å². The number of hydrogen-bond donors (Lipinski definition) is 1. The van der Waals surface area contributed by atoms with Crippen molar-refractivity contribution in [2.75, 3.05) is 7.05 Å². The molecule has 6 nitrogen and oxygen atoms in total. The van der Waals surface area contributed by atoms with Gasteiger partial charge in [-0.2, -0.15) is 0 Å². The van der Waals surface area contributed by atoms with E-state index in [9.17, 15) is 9.59 Å². The maximum Gasteiger partial charge on any atom is 0.339 e. The van der Waals surface area contributed by atoms with Crippen molar-refractivity contribution in [2.24, 2.45) is 0 Å². The van der Waals surface area contributed by atoms with E-state index in [0.717, 1.165) is 17.9 Å². The summed E-state index contributed by atoms with van der Waals surface area (Å²) in [7, 11) is 1.68. The molecular formula is C17H22N2O4. The van der Waals surface area contributed by atoms with Crippen LogP contribution in [-0.2, 0) is 13.1 Å². The summed E-state index contributed by atoms with van der Waals surface area (Å²) in [6, 6.07) is 3.35. The van der Waals surface area contributed by atoms with Crippen molar-refractivity contribution in [1.29, 1.82) is 0 Å². The van der Waals surface area contributed by atoms with Crippen molar-refractivity contribution in [2.45, 2.75) is 40.8 Å². The van der Waals surface area contributed by atoms with E-state index in [-0.39, 0.29) is 18.0 Å². The van der Waals surface area contributed by atoms with Crippen LogP contribution in [0.15, 0.2) is 16.5 Å². The lowest BCUT2D eigenvalue weighted by Gasteiger charge is -2.16. The number of aromatic carboxylic acids is 1. The van der Waals surface area contributed by atoms with E-state index in [1.54, 1.807) is 14.0 Å². The lowest BCUT2D eigenvalue weighted by Crippen LogP contribution is -2.26. The van der Waals surface area contributed by atoms with Crippen molar-refractivity contribution in [3.8, 4) is 0 Å². The summed E-state index contributed by atoms with van der Waals surface area (Å²) in [6.07, 6.45) is 0. The van der Waals surface area contributed by atoms with Crippen molar-refractivity contribution in [3.05, 3.63) is 46.2 Å². The molecule has 1 amide bonds. The molecule has 0 aliphatic carbocycles. The van der Waals surface area contributed by atoms with Gasteiger partial charge in [-0.05, 0) is 39.8 Å². The fourth-order valence-corrected chi connectivity index (χ4v) is 2.85. The highest BCUT2D eigenvalue weighted by Crippen LogP contribution is 2.20. The van der Waals surface area contributed by atoms with Gasteiger partial charge in [0.05, 0.1) is 12.1 Å². The Morgan fingerprint density at radius 3 is 2.35 bits per heavy atom. The first-order valence-corrected chi connectivity index (χ1v) is 7.51. The second-order valence-corrected chi connectivity index (χ2v) is 5.68. The van der Waals surface area contributed by atoms with E-state index < -0.39 is 5.97 Å². The standard InChI is InChI=1S/C17H22N2O4/c1-6-19-10(2)7-14(11(19)3)16(20)18(5)9-13-8-15(17(21)22)12(4)23-13/h7-8H,6,9H2,1-5H3,(H,21,22). The van der Waals surface area contributed by atoms with Crippen molar-refractivity contribution >= 4 is 11.9 Å². The molecule has 0 unspecified atom stereocenters. The minimum absolute atomic E-state index is 0.108. The first-order chi connectivity index (χ1) is 10.8. The maximum atomic E-state index is 12.6. The van der Waals surface area contributed by atoms with E-state index in [0.29, 0.717) is 17.1 Å². The van der Waals surface area contributed by atoms with Crippen LogP contribution < -0.4 is 0 Å². The van der Waals surface area contributed by atoms with Crippen LogP contribution >= 0.6 is 0 Å². The zero-order chi connectivity index (χ0) is 17.3. The van der Waals surface area contributed by atoms with Crippen LogP contribution in [0.3, 0.4) is 0 Å². The third-order valence-electron chi connectivity index (χ3n) is 4.06. The summed E-state index contributed by atoms with van der Waals surface area (Å²) in [5.74, 6) is -0.334. The molecule has 0 saturated heterocycles. The number of carboxylic acids is 1. The van der Waals surface area contributed by atoms with Gasteiger partial charge in [0.1, 0.15) is 17.1 Å². The first kappa shape index (κ1) is 16.9. The van der Waals surface area contributed by atoms with Gasteiger partial charge < -0.3 is 19.0 Å². The number of amides is 1. The van der Waals surface area contributed by atoms with E-state index >= 15 is 0 Å². The van der Waals surface area contributed by atoms with Crippen LogP contribution in [0.4, 0.5) is 0 Å². The Balaban J connectivity index is 2.21. The van der Waals surface area contributed by atoms with Gasteiger partial charge in [0, 0.05) is 25.0 Å². The highest BCUT2D eigenvalue weighted by molar-refractivity contribution is 5.95. The van der Waals surface area contributed by atoms with Gasteiger partial charge in [0.15, 0.2) is 0 Å².